The highest BCUT2D eigenvalue weighted by Crippen LogP contribution is 2.13. The number of rotatable bonds is 7. The second-order valence-electron chi connectivity index (χ2n) is 4.25. The number of carbonyl (C=O) groups is 2. The highest BCUT2D eigenvalue weighted by atomic mass is 32.1. The van der Waals surface area contributed by atoms with Crippen LogP contribution in [0, 0.1) is 0 Å². The van der Waals surface area contributed by atoms with Gasteiger partial charge < -0.3 is 10.4 Å². The Kier molecular flexibility index (Phi) is 5.80. The lowest BCUT2D eigenvalue weighted by molar-refractivity contribution is -0.138. The van der Waals surface area contributed by atoms with Crippen molar-refractivity contribution in [3.8, 4) is 0 Å². The number of hydrogen-bond donors (Lipinski definition) is 2. The Balaban J connectivity index is 2.47. The van der Waals surface area contributed by atoms with Crippen LogP contribution in [0.1, 0.15) is 18.7 Å². The Bertz CT molecular complexity index is 390. The molecule has 0 saturated heterocycles. The van der Waals surface area contributed by atoms with Crippen molar-refractivity contribution in [3.05, 3.63) is 22.4 Å². The van der Waals surface area contributed by atoms with E-state index in [1.807, 2.05) is 36.3 Å². The molecule has 0 aromatic carbocycles. The lowest BCUT2D eigenvalue weighted by Crippen LogP contribution is -2.41. The first-order chi connectivity index (χ1) is 8.49. The van der Waals surface area contributed by atoms with E-state index in [1.165, 1.54) is 4.88 Å². The van der Waals surface area contributed by atoms with Crippen molar-refractivity contribution in [1.29, 1.82) is 0 Å². The summed E-state index contributed by atoms with van der Waals surface area (Å²) in [6, 6.07) is 4.22. The fraction of sp³-hybridized carbons (Fsp3) is 0.500. The maximum absolute atomic E-state index is 11.6. The number of aliphatic carboxylic acids is 1. The van der Waals surface area contributed by atoms with Gasteiger partial charge in [0.25, 0.3) is 0 Å². The average Bonchev–Trinajstić information content (AvgIpc) is 2.78. The van der Waals surface area contributed by atoms with Gasteiger partial charge in [-0.05, 0) is 25.3 Å². The molecule has 1 aromatic heterocycles. The topological polar surface area (TPSA) is 69.6 Å². The van der Waals surface area contributed by atoms with Gasteiger partial charge >= 0.3 is 5.97 Å². The van der Waals surface area contributed by atoms with Crippen LogP contribution in [0.15, 0.2) is 17.5 Å². The van der Waals surface area contributed by atoms with Gasteiger partial charge in [0.05, 0.1) is 6.54 Å². The SMILES string of the molecule is CC(C)N(CC(=O)NCC(=O)O)Cc1cccs1. The van der Waals surface area contributed by atoms with Gasteiger partial charge in [0.1, 0.15) is 6.54 Å². The summed E-state index contributed by atoms with van der Waals surface area (Å²) < 4.78 is 0. The molecule has 0 bridgehead atoms. The number of nitrogens with zero attached hydrogens (tertiary/aromatic N) is 1. The zero-order chi connectivity index (χ0) is 13.5. The molecule has 0 aliphatic carbocycles. The van der Waals surface area contributed by atoms with Crippen molar-refractivity contribution in [3.63, 3.8) is 0 Å². The molecular weight excluding hydrogens is 252 g/mol. The standard InChI is InChI=1S/C12H18N2O3S/c1-9(2)14(7-10-4-3-5-18-10)8-11(15)13-6-12(16)17/h3-5,9H,6-8H2,1-2H3,(H,13,15)(H,16,17). The van der Waals surface area contributed by atoms with Gasteiger partial charge in [-0.3, -0.25) is 14.5 Å². The minimum atomic E-state index is -1.03. The number of thiophene rings is 1. The zero-order valence-corrected chi connectivity index (χ0v) is 11.4. The van der Waals surface area contributed by atoms with Crippen LogP contribution in [-0.2, 0) is 16.1 Å². The highest BCUT2D eigenvalue weighted by molar-refractivity contribution is 7.09. The fourth-order valence-corrected chi connectivity index (χ4v) is 2.17. The van der Waals surface area contributed by atoms with Crippen LogP contribution >= 0.6 is 11.3 Å². The number of carboxylic acids is 1. The van der Waals surface area contributed by atoms with E-state index in [0.29, 0.717) is 6.54 Å². The van der Waals surface area contributed by atoms with Crippen molar-refractivity contribution in [2.24, 2.45) is 0 Å². The molecule has 18 heavy (non-hydrogen) atoms. The largest absolute Gasteiger partial charge is 0.480 e. The van der Waals surface area contributed by atoms with Crippen LogP contribution in [0.4, 0.5) is 0 Å². The Hall–Kier alpha value is -1.40. The van der Waals surface area contributed by atoms with Crippen LogP contribution in [-0.4, -0.2) is 41.0 Å². The molecule has 0 saturated carbocycles. The maximum atomic E-state index is 11.6. The smallest absolute Gasteiger partial charge is 0.322 e. The summed E-state index contributed by atoms with van der Waals surface area (Å²) in [7, 11) is 0. The van der Waals surface area contributed by atoms with E-state index >= 15 is 0 Å². The minimum Gasteiger partial charge on any atom is -0.480 e. The van der Waals surface area contributed by atoms with Crippen LogP contribution < -0.4 is 5.32 Å². The first-order valence-electron chi connectivity index (χ1n) is 5.74. The lowest BCUT2D eigenvalue weighted by atomic mass is 10.3. The quantitative estimate of drug-likeness (QED) is 0.780. The highest BCUT2D eigenvalue weighted by Gasteiger charge is 2.15. The normalized spacial score (nSPS) is 10.9. The van der Waals surface area contributed by atoms with Gasteiger partial charge in [0.15, 0.2) is 0 Å². The number of hydrogen-bond acceptors (Lipinski definition) is 4. The van der Waals surface area contributed by atoms with Crippen LogP contribution in [0.3, 0.4) is 0 Å². The summed E-state index contributed by atoms with van der Waals surface area (Å²) in [4.78, 5) is 25.1. The molecule has 0 atom stereocenters. The Morgan fingerprint density at radius 3 is 2.72 bits per heavy atom. The predicted octanol–water partition coefficient (Wildman–Crippen LogP) is 1.16. The molecule has 0 aliphatic rings. The number of carboxylic acid groups (broad SMARTS) is 1. The monoisotopic (exact) mass is 270 g/mol. The van der Waals surface area contributed by atoms with Gasteiger partial charge in [-0.1, -0.05) is 6.07 Å². The summed E-state index contributed by atoms with van der Waals surface area (Å²) in [5.74, 6) is -1.29. The molecule has 5 nitrogen and oxygen atoms in total. The Morgan fingerprint density at radius 2 is 2.22 bits per heavy atom. The third-order valence-corrected chi connectivity index (χ3v) is 3.31. The van der Waals surface area contributed by atoms with Crippen molar-refractivity contribution >= 4 is 23.2 Å². The molecule has 1 amide bonds. The number of amides is 1. The Morgan fingerprint density at radius 1 is 1.50 bits per heavy atom. The average molecular weight is 270 g/mol. The van der Waals surface area contributed by atoms with Gasteiger partial charge in [-0.2, -0.15) is 0 Å². The second-order valence-corrected chi connectivity index (χ2v) is 5.28. The molecule has 100 valence electrons. The Labute approximate surface area is 110 Å². The zero-order valence-electron chi connectivity index (χ0n) is 10.5. The first kappa shape index (κ1) is 14.7. The lowest BCUT2D eigenvalue weighted by Gasteiger charge is -2.25. The summed E-state index contributed by atoms with van der Waals surface area (Å²) in [5, 5.41) is 12.9. The molecule has 0 aliphatic heterocycles. The maximum Gasteiger partial charge on any atom is 0.322 e. The molecule has 1 rings (SSSR count). The third kappa shape index (κ3) is 5.29. The molecule has 6 heteroatoms. The molecule has 0 fully saturated rings. The van der Waals surface area contributed by atoms with Gasteiger partial charge in [0, 0.05) is 17.5 Å². The molecule has 0 unspecified atom stereocenters. The minimum absolute atomic E-state index is 0.211. The second kappa shape index (κ2) is 7.13. The molecule has 0 radical (unpaired) electrons. The number of carbonyl (C=O) groups excluding carboxylic acids is 1. The van der Waals surface area contributed by atoms with E-state index < -0.39 is 5.97 Å². The molecular formula is C12H18N2O3S. The van der Waals surface area contributed by atoms with Gasteiger partial charge in [-0.25, -0.2) is 0 Å². The van der Waals surface area contributed by atoms with E-state index in [9.17, 15) is 9.59 Å². The van der Waals surface area contributed by atoms with E-state index in [1.54, 1.807) is 11.3 Å². The van der Waals surface area contributed by atoms with E-state index in [4.69, 9.17) is 5.11 Å². The summed E-state index contributed by atoms with van der Waals surface area (Å²) >= 11 is 1.65. The summed E-state index contributed by atoms with van der Waals surface area (Å²) in [6.45, 7) is 4.61. The van der Waals surface area contributed by atoms with Crippen LogP contribution in [0.25, 0.3) is 0 Å². The van der Waals surface area contributed by atoms with Crippen molar-refractivity contribution in [2.75, 3.05) is 13.1 Å². The molecule has 1 heterocycles. The van der Waals surface area contributed by atoms with Crippen molar-refractivity contribution in [1.82, 2.24) is 10.2 Å². The van der Waals surface area contributed by atoms with Crippen LogP contribution in [0.2, 0.25) is 0 Å². The van der Waals surface area contributed by atoms with Crippen molar-refractivity contribution in [2.45, 2.75) is 26.4 Å². The van der Waals surface area contributed by atoms with E-state index in [-0.39, 0.29) is 25.0 Å². The predicted molar refractivity (Wildman–Crippen MR) is 70.5 cm³/mol. The van der Waals surface area contributed by atoms with E-state index in [0.717, 1.165) is 0 Å². The van der Waals surface area contributed by atoms with Gasteiger partial charge in [-0.15, -0.1) is 11.3 Å². The summed E-state index contributed by atoms with van der Waals surface area (Å²) in [5.41, 5.74) is 0. The van der Waals surface area contributed by atoms with Crippen LogP contribution in [0.5, 0.6) is 0 Å². The van der Waals surface area contributed by atoms with Crippen molar-refractivity contribution < 1.29 is 14.7 Å². The van der Waals surface area contributed by atoms with Gasteiger partial charge in [0.2, 0.25) is 5.91 Å². The molecule has 2 N–H and O–H groups in total. The van der Waals surface area contributed by atoms with E-state index in [2.05, 4.69) is 5.32 Å². The summed E-state index contributed by atoms with van der Waals surface area (Å²) in [6.07, 6.45) is 0. The first-order valence-corrected chi connectivity index (χ1v) is 6.62. The molecule has 1 aromatic rings. The number of nitrogens with one attached hydrogen (secondary N) is 1. The molecule has 0 spiro atoms. The third-order valence-electron chi connectivity index (χ3n) is 2.45. The fourth-order valence-electron chi connectivity index (χ4n) is 1.44.